The SMILES string of the molecule is CCc1c(-c2cccnc2)cnnc1N. The molecule has 4 nitrogen and oxygen atoms in total. The Bertz CT molecular complexity index is 453. The van der Waals surface area contributed by atoms with Gasteiger partial charge < -0.3 is 5.73 Å². The van der Waals surface area contributed by atoms with E-state index in [4.69, 9.17) is 5.73 Å². The lowest BCUT2D eigenvalue weighted by atomic mass is 10.0. The fourth-order valence-corrected chi connectivity index (χ4v) is 1.57. The molecule has 0 fully saturated rings. The zero-order valence-electron chi connectivity index (χ0n) is 8.51. The number of anilines is 1. The number of nitrogen functional groups attached to an aromatic ring is 1. The smallest absolute Gasteiger partial charge is 0.149 e. The minimum absolute atomic E-state index is 0.499. The fraction of sp³-hybridized carbons (Fsp3) is 0.182. The van der Waals surface area contributed by atoms with E-state index in [2.05, 4.69) is 15.2 Å². The maximum atomic E-state index is 5.78. The van der Waals surface area contributed by atoms with E-state index in [0.29, 0.717) is 5.82 Å². The molecular weight excluding hydrogens is 188 g/mol. The molecule has 4 heteroatoms. The zero-order valence-corrected chi connectivity index (χ0v) is 8.51. The predicted octanol–water partition coefficient (Wildman–Crippen LogP) is 1.68. The molecule has 2 heterocycles. The number of nitrogens with two attached hydrogens (primary N) is 1. The Hall–Kier alpha value is -1.97. The van der Waals surface area contributed by atoms with E-state index in [1.165, 1.54) is 0 Å². The first kappa shape index (κ1) is 9.58. The molecule has 15 heavy (non-hydrogen) atoms. The van der Waals surface area contributed by atoms with E-state index in [1.54, 1.807) is 18.6 Å². The number of rotatable bonds is 2. The van der Waals surface area contributed by atoms with Gasteiger partial charge in [-0.3, -0.25) is 4.98 Å². The highest BCUT2D eigenvalue weighted by molar-refractivity contribution is 5.69. The van der Waals surface area contributed by atoms with Crippen molar-refractivity contribution in [2.45, 2.75) is 13.3 Å². The minimum atomic E-state index is 0.499. The van der Waals surface area contributed by atoms with Gasteiger partial charge in [0.1, 0.15) is 5.82 Å². The number of nitrogens with zero attached hydrogens (tertiary/aromatic N) is 3. The first-order valence-corrected chi connectivity index (χ1v) is 4.83. The summed E-state index contributed by atoms with van der Waals surface area (Å²) in [4.78, 5) is 4.08. The highest BCUT2D eigenvalue weighted by Crippen LogP contribution is 2.24. The second-order valence-electron chi connectivity index (χ2n) is 3.22. The molecule has 0 aliphatic rings. The van der Waals surface area contributed by atoms with E-state index in [0.717, 1.165) is 23.1 Å². The molecule has 0 aliphatic heterocycles. The van der Waals surface area contributed by atoms with Crippen LogP contribution in [0.3, 0.4) is 0 Å². The first-order chi connectivity index (χ1) is 7.33. The van der Waals surface area contributed by atoms with Gasteiger partial charge in [0, 0.05) is 29.1 Å². The predicted molar refractivity (Wildman–Crippen MR) is 59.1 cm³/mol. The molecule has 2 aromatic heterocycles. The molecule has 0 aromatic carbocycles. The van der Waals surface area contributed by atoms with Crippen LogP contribution >= 0.6 is 0 Å². The minimum Gasteiger partial charge on any atom is -0.382 e. The molecule has 0 unspecified atom stereocenters. The Kier molecular flexibility index (Phi) is 2.58. The van der Waals surface area contributed by atoms with Crippen molar-refractivity contribution in [1.82, 2.24) is 15.2 Å². The monoisotopic (exact) mass is 200 g/mol. The first-order valence-electron chi connectivity index (χ1n) is 4.83. The van der Waals surface area contributed by atoms with Crippen molar-refractivity contribution >= 4 is 5.82 Å². The summed E-state index contributed by atoms with van der Waals surface area (Å²) in [6.07, 6.45) is 6.11. The number of aromatic nitrogens is 3. The van der Waals surface area contributed by atoms with Crippen molar-refractivity contribution < 1.29 is 0 Å². The van der Waals surface area contributed by atoms with Crippen LogP contribution in [0.4, 0.5) is 5.82 Å². The Morgan fingerprint density at radius 2 is 2.20 bits per heavy atom. The van der Waals surface area contributed by atoms with Crippen LogP contribution in [0.15, 0.2) is 30.7 Å². The molecule has 0 radical (unpaired) electrons. The Balaban J connectivity index is 2.58. The van der Waals surface area contributed by atoms with Gasteiger partial charge in [-0.25, -0.2) is 0 Å². The summed E-state index contributed by atoms with van der Waals surface area (Å²) >= 11 is 0. The average molecular weight is 200 g/mol. The summed E-state index contributed by atoms with van der Waals surface area (Å²) in [5.74, 6) is 0.499. The Morgan fingerprint density at radius 1 is 1.33 bits per heavy atom. The van der Waals surface area contributed by atoms with Gasteiger partial charge in [0.25, 0.3) is 0 Å². The lowest BCUT2D eigenvalue weighted by Crippen LogP contribution is -2.01. The molecule has 2 aromatic rings. The second-order valence-corrected chi connectivity index (χ2v) is 3.22. The number of hydrogen-bond donors (Lipinski definition) is 1. The van der Waals surface area contributed by atoms with Gasteiger partial charge in [-0.2, -0.15) is 5.10 Å². The third-order valence-electron chi connectivity index (χ3n) is 2.31. The summed E-state index contributed by atoms with van der Waals surface area (Å²) in [6, 6.07) is 3.88. The third-order valence-corrected chi connectivity index (χ3v) is 2.31. The van der Waals surface area contributed by atoms with E-state index in [-0.39, 0.29) is 0 Å². The Labute approximate surface area is 88.2 Å². The maximum absolute atomic E-state index is 5.78. The number of pyridine rings is 1. The van der Waals surface area contributed by atoms with Crippen LogP contribution in [0, 0.1) is 0 Å². The molecule has 0 aliphatic carbocycles. The van der Waals surface area contributed by atoms with Crippen LogP contribution in [0.25, 0.3) is 11.1 Å². The van der Waals surface area contributed by atoms with Crippen molar-refractivity contribution in [2.24, 2.45) is 0 Å². The van der Waals surface area contributed by atoms with E-state index >= 15 is 0 Å². The van der Waals surface area contributed by atoms with E-state index in [1.807, 2.05) is 19.1 Å². The molecule has 0 spiro atoms. The normalized spacial score (nSPS) is 10.2. The summed E-state index contributed by atoms with van der Waals surface area (Å²) in [7, 11) is 0. The summed E-state index contributed by atoms with van der Waals surface area (Å²) in [5, 5.41) is 7.71. The molecule has 2 N–H and O–H groups in total. The third kappa shape index (κ3) is 1.79. The van der Waals surface area contributed by atoms with Crippen LogP contribution in [-0.4, -0.2) is 15.2 Å². The molecule has 76 valence electrons. The largest absolute Gasteiger partial charge is 0.382 e. The van der Waals surface area contributed by atoms with Gasteiger partial charge in [0.15, 0.2) is 0 Å². The molecule has 0 amide bonds. The quantitative estimate of drug-likeness (QED) is 0.801. The summed E-state index contributed by atoms with van der Waals surface area (Å²) in [6.45, 7) is 2.05. The molecular formula is C11H12N4. The summed E-state index contributed by atoms with van der Waals surface area (Å²) in [5.41, 5.74) is 8.84. The standard InChI is InChI=1S/C11H12N4/c1-2-9-10(7-14-15-11(9)12)8-4-3-5-13-6-8/h3-7H,2H2,1H3,(H2,12,15). The highest BCUT2D eigenvalue weighted by Gasteiger charge is 2.08. The lowest BCUT2D eigenvalue weighted by Gasteiger charge is -2.07. The van der Waals surface area contributed by atoms with Gasteiger partial charge in [-0.05, 0) is 12.5 Å². The summed E-state index contributed by atoms with van der Waals surface area (Å²) < 4.78 is 0. The maximum Gasteiger partial charge on any atom is 0.149 e. The number of hydrogen-bond acceptors (Lipinski definition) is 4. The second kappa shape index (κ2) is 4.04. The van der Waals surface area contributed by atoms with Gasteiger partial charge in [0.2, 0.25) is 0 Å². The van der Waals surface area contributed by atoms with Crippen molar-refractivity contribution in [3.05, 3.63) is 36.3 Å². The van der Waals surface area contributed by atoms with Crippen LogP contribution in [0.1, 0.15) is 12.5 Å². The van der Waals surface area contributed by atoms with Gasteiger partial charge in [-0.15, -0.1) is 5.10 Å². The van der Waals surface area contributed by atoms with Crippen molar-refractivity contribution in [3.8, 4) is 11.1 Å². The fourth-order valence-electron chi connectivity index (χ4n) is 1.57. The topological polar surface area (TPSA) is 64.7 Å². The molecule has 0 bridgehead atoms. The van der Waals surface area contributed by atoms with Crippen LogP contribution in [-0.2, 0) is 6.42 Å². The Morgan fingerprint density at radius 3 is 2.87 bits per heavy atom. The van der Waals surface area contributed by atoms with Gasteiger partial charge in [0.05, 0.1) is 6.20 Å². The zero-order chi connectivity index (χ0) is 10.7. The van der Waals surface area contributed by atoms with Crippen molar-refractivity contribution in [1.29, 1.82) is 0 Å². The van der Waals surface area contributed by atoms with Crippen LogP contribution in [0.2, 0.25) is 0 Å². The van der Waals surface area contributed by atoms with Gasteiger partial charge in [-0.1, -0.05) is 13.0 Å². The van der Waals surface area contributed by atoms with Crippen molar-refractivity contribution in [3.63, 3.8) is 0 Å². The molecule has 0 atom stereocenters. The molecule has 2 rings (SSSR count). The van der Waals surface area contributed by atoms with E-state index < -0.39 is 0 Å². The molecule has 0 saturated carbocycles. The van der Waals surface area contributed by atoms with Crippen LogP contribution in [0.5, 0.6) is 0 Å². The van der Waals surface area contributed by atoms with E-state index in [9.17, 15) is 0 Å². The van der Waals surface area contributed by atoms with Gasteiger partial charge >= 0.3 is 0 Å². The molecule has 0 saturated heterocycles. The van der Waals surface area contributed by atoms with Crippen LogP contribution < -0.4 is 5.73 Å². The van der Waals surface area contributed by atoms with Crippen molar-refractivity contribution in [2.75, 3.05) is 5.73 Å². The highest BCUT2D eigenvalue weighted by atomic mass is 15.1. The average Bonchev–Trinajstić information content (AvgIpc) is 2.30. The lowest BCUT2D eigenvalue weighted by molar-refractivity contribution is 0.999.